The molecule has 0 radical (unpaired) electrons. The van der Waals surface area contributed by atoms with E-state index in [9.17, 15) is 15.0 Å². The summed E-state index contributed by atoms with van der Waals surface area (Å²) in [6.45, 7) is 3.11. The molecule has 3 aromatic carbocycles. The minimum atomic E-state index is -0.819. The number of benzene rings is 3. The van der Waals surface area contributed by atoms with Crippen LogP contribution in [0.1, 0.15) is 24.0 Å². The van der Waals surface area contributed by atoms with Crippen molar-refractivity contribution in [1.29, 1.82) is 0 Å². The maximum absolute atomic E-state index is 11.5. The molecule has 1 atom stereocenters. The Kier molecular flexibility index (Phi) is 6.44. The van der Waals surface area contributed by atoms with Gasteiger partial charge < -0.3 is 14.6 Å². The zero-order chi connectivity index (χ0) is 22.2. The quantitative estimate of drug-likeness (QED) is 0.416. The molecule has 0 bridgehead atoms. The third-order valence-corrected chi connectivity index (χ3v) is 6.26. The van der Waals surface area contributed by atoms with E-state index in [2.05, 4.69) is 25.1 Å². The molecule has 4 aromatic rings. The van der Waals surface area contributed by atoms with E-state index in [1.165, 1.54) is 0 Å². The van der Waals surface area contributed by atoms with Crippen LogP contribution in [-0.4, -0.2) is 38.7 Å². The van der Waals surface area contributed by atoms with Crippen molar-refractivity contribution in [3.8, 4) is 28.3 Å². The molecule has 2 N–H and O–H groups in total. The second kappa shape index (κ2) is 9.29. The minimum absolute atomic E-state index is 0. The molecular weight excluding hydrogens is 436 g/mol. The molecule has 1 aliphatic heterocycles. The molecule has 1 aliphatic rings. The van der Waals surface area contributed by atoms with Gasteiger partial charge in [0.1, 0.15) is 17.3 Å². The molecule has 5 rings (SSSR count). The number of hydrogen-bond acceptors (Lipinski definition) is 5. The Morgan fingerprint density at radius 1 is 1.12 bits per heavy atom. The first kappa shape index (κ1) is 22.9. The average Bonchev–Trinajstić information content (AvgIpc) is 3.41. The second-order valence-electron chi connectivity index (χ2n) is 8.28. The fraction of sp³-hybridized carbons (Fsp3) is 0.231. The number of hydrogen-bond donors (Lipinski definition) is 2. The monoisotopic (exact) mass is 462 g/mol. The highest BCUT2D eigenvalue weighted by Gasteiger charge is 2.31. The smallest absolute Gasteiger partial charge is 0.320 e. The molecule has 0 spiro atoms. The third kappa shape index (κ3) is 4.34. The number of aromatic nitrogens is 1. The fourth-order valence-electron chi connectivity index (χ4n) is 4.56. The number of likely N-dealkylation sites (tertiary alicyclic amines) is 1. The van der Waals surface area contributed by atoms with Gasteiger partial charge >= 0.3 is 5.97 Å². The van der Waals surface area contributed by atoms with Crippen molar-refractivity contribution in [2.24, 2.45) is 0 Å². The molecule has 1 fully saturated rings. The Morgan fingerprint density at radius 2 is 1.88 bits per heavy atom. The highest BCUT2D eigenvalue weighted by molar-refractivity contribution is 7.59. The van der Waals surface area contributed by atoms with Crippen molar-refractivity contribution in [2.45, 2.75) is 32.4 Å². The lowest BCUT2D eigenvalue weighted by Gasteiger charge is -2.21. The number of rotatable bonds is 5. The molecule has 2 heterocycles. The van der Waals surface area contributed by atoms with E-state index in [1.54, 1.807) is 12.1 Å². The van der Waals surface area contributed by atoms with Gasteiger partial charge in [-0.1, -0.05) is 42.5 Å². The average molecular weight is 463 g/mol. The lowest BCUT2D eigenvalue weighted by molar-refractivity contribution is -0.142. The molecule has 33 heavy (non-hydrogen) atoms. The molecule has 6 nitrogen and oxygen atoms in total. The van der Waals surface area contributed by atoms with Gasteiger partial charge in [0, 0.05) is 23.7 Å². The van der Waals surface area contributed by atoms with E-state index in [4.69, 9.17) is 9.40 Å². The number of carbonyl (C=O) groups is 1. The predicted molar refractivity (Wildman–Crippen MR) is 133 cm³/mol. The van der Waals surface area contributed by atoms with Crippen LogP contribution in [0.2, 0.25) is 0 Å². The van der Waals surface area contributed by atoms with Gasteiger partial charge in [0.15, 0.2) is 5.58 Å². The molecule has 170 valence electrons. The van der Waals surface area contributed by atoms with Crippen molar-refractivity contribution in [1.82, 2.24) is 9.88 Å². The van der Waals surface area contributed by atoms with Gasteiger partial charge in [-0.2, -0.15) is 13.5 Å². The molecule has 0 amide bonds. The lowest BCUT2D eigenvalue weighted by atomic mass is 9.96. The van der Waals surface area contributed by atoms with Crippen LogP contribution in [0, 0.1) is 6.92 Å². The first-order chi connectivity index (χ1) is 15.5. The highest BCUT2D eigenvalue weighted by Crippen LogP contribution is 2.35. The van der Waals surface area contributed by atoms with Gasteiger partial charge in [-0.25, -0.2) is 4.98 Å². The lowest BCUT2D eigenvalue weighted by Crippen LogP contribution is -2.35. The molecule has 1 saturated heterocycles. The van der Waals surface area contributed by atoms with Crippen LogP contribution in [0.5, 0.6) is 5.75 Å². The van der Waals surface area contributed by atoms with Gasteiger partial charge in [0.05, 0.1) is 0 Å². The van der Waals surface area contributed by atoms with Crippen molar-refractivity contribution in [3.05, 3.63) is 71.8 Å². The molecule has 0 saturated carbocycles. The summed E-state index contributed by atoms with van der Waals surface area (Å²) in [4.78, 5) is 18.1. The summed E-state index contributed by atoms with van der Waals surface area (Å²) in [5, 5.41) is 20.0. The van der Waals surface area contributed by atoms with Crippen LogP contribution in [0.3, 0.4) is 0 Å². The van der Waals surface area contributed by atoms with Crippen LogP contribution in [0.25, 0.3) is 33.7 Å². The van der Waals surface area contributed by atoms with E-state index in [-0.39, 0.29) is 19.2 Å². The van der Waals surface area contributed by atoms with Gasteiger partial charge in [-0.05, 0) is 55.1 Å². The first-order valence-corrected chi connectivity index (χ1v) is 10.8. The van der Waals surface area contributed by atoms with Gasteiger partial charge in [-0.15, -0.1) is 0 Å². The van der Waals surface area contributed by atoms with E-state index in [0.29, 0.717) is 42.1 Å². The number of fused-ring (bicyclic) bond motifs is 1. The molecule has 7 heteroatoms. The summed E-state index contributed by atoms with van der Waals surface area (Å²) in [6.07, 6.45) is 1.47. The van der Waals surface area contributed by atoms with Crippen LogP contribution in [0.15, 0.2) is 65.1 Å². The van der Waals surface area contributed by atoms with Crippen LogP contribution in [-0.2, 0) is 11.3 Å². The van der Waals surface area contributed by atoms with Gasteiger partial charge in [0.25, 0.3) is 0 Å². The SMILES string of the molecule is Cc1c(-c2ccccc2)cccc1-c1nc2cc(CN3CCC[C@H]3C(=O)O)c(O)cc2o1.S. The van der Waals surface area contributed by atoms with Gasteiger partial charge in [0.2, 0.25) is 5.89 Å². The van der Waals surface area contributed by atoms with E-state index < -0.39 is 12.0 Å². The topological polar surface area (TPSA) is 86.8 Å². The number of phenolic OH excluding ortho intramolecular Hbond substituents is 1. The number of phenols is 1. The maximum Gasteiger partial charge on any atom is 0.320 e. The summed E-state index contributed by atoms with van der Waals surface area (Å²) in [6, 6.07) is 19.1. The van der Waals surface area contributed by atoms with Crippen molar-refractivity contribution < 1.29 is 19.4 Å². The molecule has 0 unspecified atom stereocenters. The zero-order valence-electron chi connectivity index (χ0n) is 18.3. The Morgan fingerprint density at radius 3 is 2.64 bits per heavy atom. The predicted octanol–water partition coefficient (Wildman–Crippen LogP) is 5.34. The van der Waals surface area contributed by atoms with E-state index in [0.717, 1.165) is 28.7 Å². The summed E-state index contributed by atoms with van der Waals surface area (Å²) >= 11 is 0. The Bertz CT molecular complexity index is 1300. The third-order valence-electron chi connectivity index (χ3n) is 6.26. The Labute approximate surface area is 198 Å². The van der Waals surface area contributed by atoms with E-state index >= 15 is 0 Å². The zero-order valence-corrected chi connectivity index (χ0v) is 19.3. The van der Waals surface area contributed by atoms with Crippen LogP contribution >= 0.6 is 13.5 Å². The summed E-state index contributed by atoms with van der Waals surface area (Å²) in [5.74, 6) is -0.233. The fourth-order valence-corrected chi connectivity index (χ4v) is 4.56. The number of aromatic hydroxyl groups is 1. The first-order valence-electron chi connectivity index (χ1n) is 10.8. The number of oxazole rings is 1. The minimum Gasteiger partial charge on any atom is -0.507 e. The largest absolute Gasteiger partial charge is 0.507 e. The summed E-state index contributed by atoms with van der Waals surface area (Å²) in [7, 11) is 0. The van der Waals surface area contributed by atoms with Gasteiger partial charge in [-0.3, -0.25) is 9.69 Å². The Hall–Kier alpha value is -3.29. The molecular formula is C26H26N2O4S. The highest BCUT2D eigenvalue weighted by atomic mass is 32.1. The normalized spacial score (nSPS) is 16.1. The van der Waals surface area contributed by atoms with Crippen LogP contribution < -0.4 is 0 Å². The molecule has 0 aliphatic carbocycles. The van der Waals surface area contributed by atoms with Crippen molar-refractivity contribution in [2.75, 3.05) is 6.54 Å². The Balaban J connectivity index is 0.00000259. The number of nitrogens with zero attached hydrogens (tertiary/aromatic N) is 2. The van der Waals surface area contributed by atoms with E-state index in [1.807, 2.05) is 35.2 Å². The summed E-state index contributed by atoms with van der Waals surface area (Å²) in [5.41, 5.74) is 6.00. The molecule has 1 aromatic heterocycles. The summed E-state index contributed by atoms with van der Waals surface area (Å²) < 4.78 is 6.01. The maximum atomic E-state index is 11.5. The number of carboxylic acids is 1. The van der Waals surface area contributed by atoms with Crippen molar-refractivity contribution >= 4 is 30.6 Å². The van der Waals surface area contributed by atoms with Crippen LogP contribution in [0.4, 0.5) is 0 Å². The standard InChI is InChI=1S/C26H24N2O4.H2S/c1-16-19(17-7-3-2-4-8-17)9-5-10-20(16)25-27-21-13-18(23(29)14-24(21)32-25)15-28-12-6-11-22(28)26(30)31;/h2-5,7-10,13-14,22,29H,6,11-12,15H2,1H3,(H,30,31);1H2/t22-;/m0./s1. The second-order valence-corrected chi connectivity index (χ2v) is 8.28. The number of aliphatic carboxylic acids is 1. The van der Waals surface area contributed by atoms with Crippen molar-refractivity contribution in [3.63, 3.8) is 0 Å². The number of carboxylic acid groups (broad SMARTS) is 1.